The molecule has 6 nitrogen and oxygen atoms in total. The molecule has 2 aromatic rings. The van der Waals surface area contributed by atoms with Gasteiger partial charge in [0.05, 0.1) is 31.6 Å². The molecule has 0 aromatic heterocycles. The van der Waals surface area contributed by atoms with E-state index in [1.807, 2.05) is 54.6 Å². The van der Waals surface area contributed by atoms with Crippen LogP contribution < -0.4 is 15.0 Å². The van der Waals surface area contributed by atoms with Gasteiger partial charge in [-0.1, -0.05) is 42.0 Å². The molecule has 0 aliphatic carbocycles. The van der Waals surface area contributed by atoms with E-state index in [0.29, 0.717) is 18.1 Å². The number of nitrogens with zero attached hydrogens (tertiary/aromatic N) is 1. The smallest absolute Gasteiger partial charge is 0.234 e. The van der Waals surface area contributed by atoms with Gasteiger partial charge in [0.1, 0.15) is 11.4 Å². The third-order valence-corrected chi connectivity index (χ3v) is 6.57. The highest BCUT2D eigenvalue weighted by Gasteiger charge is 2.67. The Morgan fingerprint density at radius 1 is 1.27 bits per heavy atom. The Labute approximate surface area is 179 Å². The van der Waals surface area contributed by atoms with E-state index in [1.54, 1.807) is 18.1 Å². The molecular weight excluding hydrogens is 404 g/mol. The van der Waals surface area contributed by atoms with Crippen LogP contribution in [-0.4, -0.2) is 37.2 Å². The maximum atomic E-state index is 13.3. The lowest BCUT2D eigenvalue weighted by atomic mass is 9.77. The van der Waals surface area contributed by atoms with Crippen LogP contribution in [0.5, 0.6) is 5.75 Å². The molecule has 1 unspecified atom stereocenters. The van der Waals surface area contributed by atoms with E-state index in [4.69, 9.17) is 21.1 Å². The van der Waals surface area contributed by atoms with Crippen molar-refractivity contribution in [1.29, 1.82) is 0 Å². The molecule has 154 valence electrons. The van der Waals surface area contributed by atoms with Gasteiger partial charge in [0.2, 0.25) is 11.8 Å². The Morgan fingerprint density at radius 2 is 2.03 bits per heavy atom. The highest BCUT2D eigenvalue weighted by Crippen LogP contribution is 2.52. The van der Waals surface area contributed by atoms with Crippen molar-refractivity contribution >= 4 is 29.1 Å². The first kappa shape index (κ1) is 19.2. The number of nitrogens with one attached hydrogen (secondary N) is 1. The molecule has 2 fully saturated rings. The lowest BCUT2D eigenvalue weighted by Crippen LogP contribution is -2.44. The molecule has 1 N–H and O–H groups in total. The summed E-state index contributed by atoms with van der Waals surface area (Å²) >= 11 is 6.19. The average molecular weight is 425 g/mol. The minimum Gasteiger partial charge on any atom is -0.497 e. The van der Waals surface area contributed by atoms with Crippen LogP contribution in [-0.2, 0) is 20.9 Å². The van der Waals surface area contributed by atoms with Gasteiger partial charge in [-0.15, -0.1) is 0 Å². The highest BCUT2D eigenvalue weighted by atomic mass is 35.5. The molecule has 2 amide bonds. The summed E-state index contributed by atoms with van der Waals surface area (Å²) in [5.41, 5.74) is 0.841. The quantitative estimate of drug-likeness (QED) is 0.749. The Hall–Kier alpha value is -2.83. The number of benzene rings is 2. The van der Waals surface area contributed by atoms with Crippen molar-refractivity contribution in [1.82, 2.24) is 5.32 Å². The van der Waals surface area contributed by atoms with Gasteiger partial charge in [-0.25, -0.2) is 0 Å². The summed E-state index contributed by atoms with van der Waals surface area (Å²) in [6.45, 7) is 0.700. The van der Waals surface area contributed by atoms with E-state index in [2.05, 4.69) is 5.32 Å². The Bertz CT molecular complexity index is 1040. The van der Waals surface area contributed by atoms with Gasteiger partial charge in [-0.05, 0) is 35.9 Å². The average Bonchev–Trinajstić information content (AvgIpc) is 3.41. The molecule has 0 radical (unpaired) electrons. The molecule has 2 aromatic carbocycles. The second-order valence-electron chi connectivity index (χ2n) is 7.83. The van der Waals surface area contributed by atoms with Crippen molar-refractivity contribution in [2.24, 2.45) is 11.8 Å². The van der Waals surface area contributed by atoms with Crippen LogP contribution in [0, 0.1) is 11.8 Å². The summed E-state index contributed by atoms with van der Waals surface area (Å²) in [4.78, 5) is 28.1. The van der Waals surface area contributed by atoms with Crippen LogP contribution >= 0.6 is 11.6 Å². The van der Waals surface area contributed by atoms with Crippen LogP contribution in [0.3, 0.4) is 0 Å². The van der Waals surface area contributed by atoms with Gasteiger partial charge in [-0.2, -0.15) is 0 Å². The first-order chi connectivity index (χ1) is 14.5. The number of amides is 2. The first-order valence-corrected chi connectivity index (χ1v) is 10.2. The van der Waals surface area contributed by atoms with Crippen LogP contribution in [0.15, 0.2) is 60.7 Å². The topological polar surface area (TPSA) is 67.9 Å². The zero-order valence-electron chi connectivity index (χ0n) is 16.4. The molecule has 3 heterocycles. The van der Waals surface area contributed by atoms with E-state index >= 15 is 0 Å². The van der Waals surface area contributed by atoms with Crippen LogP contribution in [0.1, 0.15) is 5.56 Å². The summed E-state index contributed by atoms with van der Waals surface area (Å²) in [6.07, 6.45) is 3.46. The van der Waals surface area contributed by atoms with Crippen molar-refractivity contribution in [2.45, 2.75) is 18.2 Å². The molecule has 3 aliphatic heterocycles. The normalized spacial score (nSPS) is 28.7. The van der Waals surface area contributed by atoms with Crippen LogP contribution in [0.2, 0.25) is 5.02 Å². The summed E-state index contributed by atoms with van der Waals surface area (Å²) in [6, 6.07) is 14.7. The molecule has 4 atom stereocenters. The predicted octanol–water partition coefficient (Wildman–Crippen LogP) is 2.95. The minimum atomic E-state index is -0.756. The van der Waals surface area contributed by atoms with Crippen molar-refractivity contribution in [3.05, 3.63) is 71.3 Å². The van der Waals surface area contributed by atoms with Gasteiger partial charge in [0, 0.05) is 17.3 Å². The zero-order chi connectivity index (χ0) is 20.9. The lowest BCUT2D eigenvalue weighted by molar-refractivity contribution is -0.132. The summed E-state index contributed by atoms with van der Waals surface area (Å²) < 4.78 is 11.4. The number of ether oxygens (including phenoxy) is 2. The molecule has 30 heavy (non-hydrogen) atoms. The molecular formula is C23H21ClN2O4. The number of anilines is 1. The summed E-state index contributed by atoms with van der Waals surface area (Å²) in [5.74, 6) is -0.669. The van der Waals surface area contributed by atoms with E-state index in [-0.39, 0.29) is 17.9 Å². The van der Waals surface area contributed by atoms with Crippen LogP contribution in [0.4, 0.5) is 5.69 Å². The summed E-state index contributed by atoms with van der Waals surface area (Å²) in [5, 5.41) is 3.54. The number of hydrogen-bond acceptors (Lipinski definition) is 4. The number of carbonyl (C=O) groups excluding carboxylic acids is 2. The molecule has 7 heteroatoms. The van der Waals surface area contributed by atoms with Gasteiger partial charge in [-0.3, -0.25) is 9.59 Å². The third kappa shape index (κ3) is 2.90. The molecule has 2 bridgehead atoms. The van der Waals surface area contributed by atoms with Gasteiger partial charge < -0.3 is 19.7 Å². The predicted molar refractivity (Wildman–Crippen MR) is 112 cm³/mol. The Balaban J connectivity index is 1.36. The zero-order valence-corrected chi connectivity index (χ0v) is 17.1. The van der Waals surface area contributed by atoms with Crippen molar-refractivity contribution in [2.75, 3.05) is 18.6 Å². The Kier molecular flexibility index (Phi) is 4.56. The number of rotatable bonds is 5. The van der Waals surface area contributed by atoms with Crippen LogP contribution in [0.25, 0.3) is 0 Å². The van der Waals surface area contributed by atoms with E-state index in [0.717, 1.165) is 17.0 Å². The van der Waals surface area contributed by atoms with E-state index in [1.165, 1.54) is 0 Å². The van der Waals surface area contributed by atoms with E-state index < -0.39 is 17.4 Å². The minimum absolute atomic E-state index is 0.0927. The van der Waals surface area contributed by atoms with Crippen molar-refractivity contribution in [3.8, 4) is 5.75 Å². The number of carbonyl (C=O) groups is 2. The fourth-order valence-electron chi connectivity index (χ4n) is 4.72. The fraction of sp³-hybridized carbons (Fsp3) is 0.304. The second-order valence-corrected chi connectivity index (χ2v) is 8.24. The summed E-state index contributed by atoms with van der Waals surface area (Å²) in [7, 11) is 1.60. The molecule has 2 saturated heterocycles. The number of methoxy groups -OCH3 is 1. The molecule has 0 saturated carbocycles. The van der Waals surface area contributed by atoms with Crippen molar-refractivity contribution in [3.63, 3.8) is 0 Å². The first-order valence-electron chi connectivity index (χ1n) is 9.86. The maximum absolute atomic E-state index is 13.3. The van der Waals surface area contributed by atoms with Crippen molar-refractivity contribution < 1.29 is 19.1 Å². The van der Waals surface area contributed by atoms with Gasteiger partial charge in [0.15, 0.2) is 0 Å². The maximum Gasteiger partial charge on any atom is 0.234 e. The SMILES string of the molecule is COc1ccc(N2C[C@]34C=C[C@@H](O3)C(C(=O)NCc3ccccc3Cl)[C@H]4C2=O)cc1. The largest absolute Gasteiger partial charge is 0.497 e. The van der Waals surface area contributed by atoms with E-state index in [9.17, 15) is 9.59 Å². The monoisotopic (exact) mass is 424 g/mol. The molecule has 1 spiro atoms. The fourth-order valence-corrected chi connectivity index (χ4v) is 4.92. The Morgan fingerprint density at radius 3 is 2.77 bits per heavy atom. The molecule has 3 aliphatic rings. The molecule has 5 rings (SSSR count). The lowest BCUT2D eigenvalue weighted by Gasteiger charge is -2.23. The van der Waals surface area contributed by atoms with Gasteiger partial charge >= 0.3 is 0 Å². The van der Waals surface area contributed by atoms with Gasteiger partial charge in [0.25, 0.3) is 0 Å². The second kappa shape index (κ2) is 7.15. The number of hydrogen-bond donors (Lipinski definition) is 1. The third-order valence-electron chi connectivity index (χ3n) is 6.20. The number of halogens is 1. The number of fused-ring (bicyclic) bond motifs is 1. The highest BCUT2D eigenvalue weighted by molar-refractivity contribution is 6.31. The standard InChI is InChI=1S/C23H21ClN2O4/c1-29-16-8-6-15(7-9-16)26-13-23-11-10-18(30-23)19(20(23)22(26)28)21(27)25-12-14-4-2-3-5-17(14)24/h2-11,18-20H,12-13H2,1H3,(H,25,27)/t18-,19?,20+,23+/m1/s1.